The van der Waals surface area contributed by atoms with Gasteiger partial charge in [-0.2, -0.15) is 4.31 Å². The summed E-state index contributed by atoms with van der Waals surface area (Å²) in [6.45, 7) is 2.80. The van der Waals surface area contributed by atoms with Gasteiger partial charge in [0.05, 0.1) is 0 Å². The summed E-state index contributed by atoms with van der Waals surface area (Å²) in [6.07, 6.45) is 4.72. The number of sulfonamides is 1. The van der Waals surface area contributed by atoms with Crippen LogP contribution in [0.5, 0.6) is 0 Å². The highest BCUT2D eigenvalue weighted by atomic mass is 32.2. The van der Waals surface area contributed by atoms with Crippen molar-refractivity contribution in [3.63, 3.8) is 0 Å². The quantitative estimate of drug-likeness (QED) is 0.778. The van der Waals surface area contributed by atoms with Crippen molar-refractivity contribution < 1.29 is 22.0 Å². The van der Waals surface area contributed by atoms with E-state index >= 15 is 0 Å². The summed E-state index contributed by atoms with van der Waals surface area (Å²) >= 11 is 0. The minimum absolute atomic E-state index is 0.275. The molecule has 0 spiro atoms. The molecule has 1 N–H and O–H groups in total. The molecule has 2 rings (SSSR count). The summed E-state index contributed by atoms with van der Waals surface area (Å²) < 4.78 is 55.4. The van der Waals surface area contributed by atoms with Gasteiger partial charge in [0.1, 0.15) is 16.3 Å². The van der Waals surface area contributed by atoms with E-state index in [4.69, 9.17) is 0 Å². The number of rotatable bonds is 6. The lowest BCUT2D eigenvalue weighted by atomic mass is 10.2. The Hall–Kier alpha value is -1.54. The second-order valence-corrected chi connectivity index (χ2v) is 8.07. The maximum atomic E-state index is 14.7. The largest absolute Gasteiger partial charge is 0.352 e. The predicted molar refractivity (Wildman–Crippen MR) is 90.8 cm³/mol. The highest BCUT2D eigenvalue weighted by Gasteiger charge is 2.31. The first kappa shape index (κ1) is 19.8. The lowest BCUT2D eigenvalue weighted by molar-refractivity contribution is 0.0944. The summed E-state index contributed by atoms with van der Waals surface area (Å²) in [7, 11) is -4.10. The molecule has 1 amide bonds. The third-order valence-corrected chi connectivity index (χ3v) is 6.20. The smallest absolute Gasteiger partial charge is 0.257 e. The van der Waals surface area contributed by atoms with E-state index in [0.29, 0.717) is 32.4 Å². The fourth-order valence-corrected chi connectivity index (χ4v) is 4.41. The Labute approximate surface area is 147 Å². The van der Waals surface area contributed by atoms with E-state index in [1.165, 1.54) is 4.31 Å². The number of unbranched alkanes of at least 4 members (excludes halogenated alkanes) is 1. The molecular formula is C17H24F2N2O3S. The summed E-state index contributed by atoms with van der Waals surface area (Å²) in [5, 5.41) is 2.42. The third kappa shape index (κ3) is 4.55. The van der Waals surface area contributed by atoms with Gasteiger partial charge in [-0.3, -0.25) is 4.79 Å². The number of nitrogens with zero attached hydrogens (tertiary/aromatic N) is 1. The molecule has 25 heavy (non-hydrogen) atoms. The highest BCUT2D eigenvalue weighted by Crippen LogP contribution is 2.26. The molecule has 0 unspecified atom stereocenters. The number of hydrogen-bond acceptors (Lipinski definition) is 3. The van der Waals surface area contributed by atoms with Crippen molar-refractivity contribution in [2.75, 3.05) is 19.6 Å². The zero-order valence-electron chi connectivity index (χ0n) is 14.4. The Bertz CT molecular complexity index is 715. The number of benzene rings is 1. The first-order valence-electron chi connectivity index (χ1n) is 8.66. The van der Waals surface area contributed by atoms with Crippen LogP contribution in [-0.2, 0) is 10.0 Å². The Kier molecular flexibility index (Phi) is 6.89. The molecule has 1 aliphatic rings. The number of amides is 1. The van der Waals surface area contributed by atoms with Crippen molar-refractivity contribution in [1.29, 1.82) is 0 Å². The fourth-order valence-electron chi connectivity index (χ4n) is 2.83. The van der Waals surface area contributed by atoms with Crippen molar-refractivity contribution in [2.24, 2.45) is 0 Å². The molecular weight excluding hydrogens is 350 g/mol. The van der Waals surface area contributed by atoms with E-state index in [-0.39, 0.29) is 6.54 Å². The minimum atomic E-state index is -4.10. The number of halogens is 2. The minimum Gasteiger partial charge on any atom is -0.352 e. The van der Waals surface area contributed by atoms with Crippen LogP contribution in [0.3, 0.4) is 0 Å². The standard InChI is InChI=1S/C17H24F2N2O3S/c1-2-3-10-20-17(22)15-13(18)8-9-14(16(15)19)25(23,24)21-11-6-4-5-7-12-21/h8-9H,2-7,10-12H2,1H3,(H,20,22). The van der Waals surface area contributed by atoms with E-state index in [2.05, 4.69) is 5.32 Å². The molecule has 1 aliphatic heterocycles. The molecule has 0 bridgehead atoms. The molecule has 140 valence electrons. The van der Waals surface area contributed by atoms with Gasteiger partial charge in [0, 0.05) is 19.6 Å². The summed E-state index contributed by atoms with van der Waals surface area (Å²) in [5.41, 5.74) is -0.841. The number of carbonyl (C=O) groups excluding carboxylic acids is 1. The first-order valence-corrected chi connectivity index (χ1v) is 10.1. The van der Waals surface area contributed by atoms with Crippen molar-refractivity contribution in [2.45, 2.75) is 50.3 Å². The average Bonchev–Trinajstić information content (AvgIpc) is 2.84. The van der Waals surface area contributed by atoms with Crippen LogP contribution in [0.25, 0.3) is 0 Å². The van der Waals surface area contributed by atoms with Crippen LogP contribution < -0.4 is 5.32 Å². The van der Waals surface area contributed by atoms with E-state index in [1.54, 1.807) is 0 Å². The molecule has 0 aliphatic carbocycles. The second kappa shape index (κ2) is 8.71. The van der Waals surface area contributed by atoms with Crippen LogP contribution in [0.15, 0.2) is 17.0 Å². The van der Waals surface area contributed by atoms with E-state index in [1.807, 2.05) is 6.92 Å². The molecule has 1 aromatic rings. The van der Waals surface area contributed by atoms with Crippen LogP contribution in [0.1, 0.15) is 55.8 Å². The molecule has 0 radical (unpaired) electrons. The lowest BCUT2D eigenvalue weighted by Crippen LogP contribution is -2.33. The van der Waals surface area contributed by atoms with Crippen molar-refractivity contribution in [3.05, 3.63) is 29.3 Å². The zero-order valence-corrected chi connectivity index (χ0v) is 15.2. The fraction of sp³-hybridized carbons (Fsp3) is 0.588. The van der Waals surface area contributed by atoms with Gasteiger partial charge in [0.25, 0.3) is 5.91 Å². The normalized spacial score (nSPS) is 16.4. The summed E-state index contributed by atoms with van der Waals surface area (Å²) in [4.78, 5) is 11.4. The molecule has 5 nitrogen and oxygen atoms in total. The van der Waals surface area contributed by atoms with Gasteiger partial charge in [-0.1, -0.05) is 26.2 Å². The third-order valence-electron chi connectivity index (χ3n) is 4.28. The van der Waals surface area contributed by atoms with E-state index in [9.17, 15) is 22.0 Å². The number of hydrogen-bond donors (Lipinski definition) is 1. The number of nitrogens with one attached hydrogen (secondary N) is 1. The Morgan fingerprint density at radius 2 is 1.80 bits per heavy atom. The molecule has 1 saturated heterocycles. The van der Waals surface area contributed by atoms with Crippen LogP contribution in [0.2, 0.25) is 0 Å². The zero-order chi connectivity index (χ0) is 18.4. The first-order chi connectivity index (χ1) is 11.9. The second-order valence-electron chi connectivity index (χ2n) is 6.16. The van der Waals surface area contributed by atoms with Gasteiger partial charge in [0.2, 0.25) is 10.0 Å². The van der Waals surface area contributed by atoms with Gasteiger partial charge >= 0.3 is 0 Å². The molecule has 0 atom stereocenters. The molecule has 1 heterocycles. The average molecular weight is 374 g/mol. The van der Waals surface area contributed by atoms with E-state index in [0.717, 1.165) is 31.4 Å². The Balaban J connectivity index is 2.35. The lowest BCUT2D eigenvalue weighted by Gasteiger charge is -2.21. The van der Waals surface area contributed by atoms with E-state index < -0.39 is 38.0 Å². The molecule has 8 heteroatoms. The molecule has 1 fully saturated rings. The van der Waals surface area contributed by atoms with Crippen LogP contribution >= 0.6 is 0 Å². The van der Waals surface area contributed by atoms with Gasteiger partial charge in [-0.15, -0.1) is 0 Å². The van der Waals surface area contributed by atoms with Crippen LogP contribution in [-0.4, -0.2) is 38.3 Å². The van der Waals surface area contributed by atoms with Gasteiger partial charge in [-0.25, -0.2) is 17.2 Å². The summed E-state index contributed by atoms with van der Waals surface area (Å²) in [6, 6.07) is 1.73. The van der Waals surface area contributed by atoms with Gasteiger partial charge < -0.3 is 5.32 Å². The summed E-state index contributed by atoms with van der Waals surface area (Å²) in [5.74, 6) is -3.32. The van der Waals surface area contributed by atoms with Crippen molar-refractivity contribution >= 4 is 15.9 Å². The topological polar surface area (TPSA) is 66.5 Å². The predicted octanol–water partition coefficient (Wildman–Crippen LogP) is 3.06. The van der Waals surface area contributed by atoms with Crippen LogP contribution in [0.4, 0.5) is 8.78 Å². The Morgan fingerprint density at radius 1 is 1.16 bits per heavy atom. The molecule has 0 aromatic heterocycles. The van der Waals surface area contributed by atoms with Crippen molar-refractivity contribution in [3.8, 4) is 0 Å². The maximum Gasteiger partial charge on any atom is 0.257 e. The number of carbonyl (C=O) groups is 1. The molecule has 1 aromatic carbocycles. The van der Waals surface area contributed by atoms with Gasteiger partial charge in [0.15, 0.2) is 5.82 Å². The molecule has 0 saturated carbocycles. The Morgan fingerprint density at radius 3 is 2.40 bits per heavy atom. The highest BCUT2D eigenvalue weighted by molar-refractivity contribution is 7.89. The maximum absolute atomic E-state index is 14.7. The van der Waals surface area contributed by atoms with Crippen LogP contribution in [0, 0.1) is 11.6 Å². The van der Waals surface area contributed by atoms with Crippen molar-refractivity contribution in [1.82, 2.24) is 9.62 Å². The monoisotopic (exact) mass is 374 g/mol. The SMILES string of the molecule is CCCCNC(=O)c1c(F)ccc(S(=O)(=O)N2CCCCCC2)c1F. The van der Waals surface area contributed by atoms with Gasteiger partial charge in [-0.05, 0) is 31.4 Å².